The van der Waals surface area contributed by atoms with Crippen molar-refractivity contribution in [3.63, 3.8) is 0 Å². The van der Waals surface area contributed by atoms with E-state index in [4.69, 9.17) is 21.6 Å². The second-order valence-corrected chi connectivity index (χ2v) is 7.53. The molecule has 130 valence electrons. The Hall–Kier alpha value is -2.50. The van der Waals surface area contributed by atoms with Crippen molar-refractivity contribution < 1.29 is 0 Å². The van der Waals surface area contributed by atoms with Gasteiger partial charge >= 0.3 is 0 Å². The van der Waals surface area contributed by atoms with Gasteiger partial charge in [0.15, 0.2) is 5.82 Å². The molecule has 3 aromatic heterocycles. The lowest BCUT2D eigenvalue weighted by Crippen LogP contribution is -2.07. The van der Waals surface area contributed by atoms with Crippen molar-refractivity contribution in [1.29, 1.82) is 0 Å². The maximum Gasteiger partial charge on any atom is 0.164 e. The summed E-state index contributed by atoms with van der Waals surface area (Å²) in [5.74, 6) is 1.44. The number of pyridine rings is 1. The summed E-state index contributed by atoms with van der Waals surface area (Å²) in [6, 6.07) is 14.2. The number of hydrogen-bond donors (Lipinski definition) is 1. The second-order valence-electron chi connectivity index (χ2n) is 5.95. The number of fused-ring (bicyclic) bond motifs is 1. The Morgan fingerprint density at radius 1 is 1.08 bits per heavy atom. The Bertz CT molecular complexity index is 1030. The SMILES string of the molecule is Cc1sc2nc(-c3cccnc3)nc(NCCc3ccccc3)c2c1Cl. The smallest absolute Gasteiger partial charge is 0.164 e. The highest BCUT2D eigenvalue weighted by Gasteiger charge is 2.16. The predicted molar refractivity (Wildman–Crippen MR) is 109 cm³/mol. The number of nitrogens with one attached hydrogen (secondary N) is 1. The molecule has 0 saturated carbocycles. The lowest BCUT2D eigenvalue weighted by molar-refractivity contribution is 1.01. The molecule has 0 aliphatic heterocycles. The molecule has 6 heteroatoms. The zero-order valence-corrected chi connectivity index (χ0v) is 15.8. The van der Waals surface area contributed by atoms with Crippen LogP contribution in [0.15, 0.2) is 54.9 Å². The summed E-state index contributed by atoms with van der Waals surface area (Å²) in [7, 11) is 0. The summed E-state index contributed by atoms with van der Waals surface area (Å²) < 4.78 is 0. The minimum atomic E-state index is 0.658. The van der Waals surface area contributed by atoms with Gasteiger partial charge in [0.25, 0.3) is 0 Å². The largest absolute Gasteiger partial charge is 0.369 e. The van der Waals surface area contributed by atoms with E-state index in [1.807, 2.05) is 25.1 Å². The fourth-order valence-corrected chi connectivity index (χ4v) is 4.07. The molecule has 0 saturated heterocycles. The van der Waals surface area contributed by atoms with Gasteiger partial charge in [0.05, 0.1) is 10.4 Å². The summed E-state index contributed by atoms with van der Waals surface area (Å²) in [6.45, 7) is 2.78. The van der Waals surface area contributed by atoms with Crippen LogP contribution in [0.25, 0.3) is 21.6 Å². The Morgan fingerprint density at radius 2 is 1.92 bits per heavy atom. The molecule has 26 heavy (non-hydrogen) atoms. The molecule has 0 bridgehead atoms. The van der Waals surface area contributed by atoms with Crippen LogP contribution in [-0.2, 0) is 6.42 Å². The van der Waals surface area contributed by atoms with Crippen molar-refractivity contribution in [2.24, 2.45) is 0 Å². The highest BCUT2D eigenvalue weighted by molar-refractivity contribution is 7.19. The van der Waals surface area contributed by atoms with Crippen LogP contribution >= 0.6 is 22.9 Å². The summed E-state index contributed by atoms with van der Waals surface area (Å²) in [5.41, 5.74) is 2.17. The van der Waals surface area contributed by atoms with E-state index in [1.165, 1.54) is 5.56 Å². The fraction of sp³-hybridized carbons (Fsp3) is 0.150. The van der Waals surface area contributed by atoms with Crippen LogP contribution < -0.4 is 5.32 Å². The number of thiophene rings is 1. The lowest BCUT2D eigenvalue weighted by Gasteiger charge is -2.09. The van der Waals surface area contributed by atoms with Gasteiger partial charge in [0, 0.05) is 29.4 Å². The molecule has 0 radical (unpaired) electrons. The van der Waals surface area contributed by atoms with Gasteiger partial charge in [-0.3, -0.25) is 4.98 Å². The van der Waals surface area contributed by atoms with Crippen molar-refractivity contribution >= 4 is 39.0 Å². The highest BCUT2D eigenvalue weighted by atomic mass is 35.5. The molecular formula is C20H17ClN4S. The number of aryl methyl sites for hydroxylation is 1. The number of hydrogen-bond acceptors (Lipinski definition) is 5. The second kappa shape index (κ2) is 7.40. The van der Waals surface area contributed by atoms with Gasteiger partial charge in [-0.15, -0.1) is 11.3 Å². The molecule has 3 heterocycles. The van der Waals surface area contributed by atoms with Gasteiger partial charge in [-0.05, 0) is 31.0 Å². The van der Waals surface area contributed by atoms with Crippen LogP contribution in [-0.4, -0.2) is 21.5 Å². The molecule has 4 nitrogen and oxygen atoms in total. The molecule has 0 amide bonds. The fourth-order valence-electron chi connectivity index (χ4n) is 2.80. The molecule has 0 fully saturated rings. The number of nitrogens with zero attached hydrogens (tertiary/aromatic N) is 3. The highest BCUT2D eigenvalue weighted by Crippen LogP contribution is 2.38. The standard InChI is InChI=1S/C20H17ClN4S/c1-13-17(21)16-19(23-11-9-14-6-3-2-4-7-14)24-18(25-20(16)26-13)15-8-5-10-22-12-15/h2-8,10,12H,9,11H2,1H3,(H,23,24,25). The van der Waals surface area contributed by atoms with Gasteiger partial charge in [0.1, 0.15) is 10.6 Å². The van der Waals surface area contributed by atoms with E-state index >= 15 is 0 Å². The third-order valence-corrected chi connectivity index (χ3v) is 5.71. The van der Waals surface area contributed by atoms with Crippen LogP contribution in [0.3, 0.4) is 0 Å². The third-order valence-electron chi connectivity index (χ3n) is 4.12. The van der Waals surface area contributed by atoms with Gasteiger partial charge in [-0.25, -0.2) is 9.97 Å². The van der Waals surface area contributed by atoms with Gasteiger partial charge in [0.2, 0.25) is 0 Å². The van der Waals surface area contributed by atoms with Crippen molar-refractivity contribution in [3.05, 3.63) is 70.3 Å². The minimum Gasteiger partial charge on any atom is -0.369 e. The van der Waals surface area contributed by atoms with Crippen molar-refractivity contribution in [3.8, 4) is 11.4 Å². The monoisotopic (exact) mass is 380 g/mol. The normalized spacial score (nSPS) is 11.0. The van der Waals surface area contributed by atoms with Crippen LogP contribution in [0.4, 0.5) is 5.82 Å². The first-order valence-electron chi connectivity index (χ1n) is 8.37. The Labute approximate surface area is 160 Å². The molecular weight excluding hydrogens is 364 g/mol. The molecule has 0 aliphatic rings. The molecule has 0 unspecified atom stereocenters. The molecule has 4 aromatic rings. The first-order valence-corrected chi connectivity index (χ1v) is 9.56. The van der Waals surface area contributed by atoms with Gasteiger partial charge in [-0.1, -0.05) is 41.9 Å². The maximum absolute atomic E-state index is 6.52. The van der Waals surface area contributed by atoms with Crippen molar-refractivity contribution in [1.82, 2.24) is 15.0 Å². The van der Waals surface area contributed by atoms with E-state index in [0.29, 0.717) is 5.82 Å². The van der Waals surface area contributed by atoms with Crippen LogP contribution in [0.2, 0.25) is 5.02 Å². The number of benzene rings is 1. The average molecular weight is 381 g/mol. The summed E-state index contributed by atoms with van der Waals surface area (Å²) in [6.07, 6.45) is 4.43. The number of rotatable bonds is 5. The Balaban J connectivity index is 1.69. The van der Waals surface area contributed by atoms with Gasteiger partial charge in [-0.2, -0.15) is 0 Å². The van der Waals surface area contributed by atoms with Crippen molar-refractivity contribution in [2.75, 3.05) is 11.9 Å². The van der Waals surface area contributed by atoms with E-state index in [2.05, 4.69) is 34.6 Å². The minimum absolute atomic E-state index is 0.658. The molecule has 1 aromatic carbocycles. The summed E-state index contributed by atoms with van der Waals surface area (Å²) >= 11 is 8.11. The summed E-state index contributed by atoms with van der Waals surface area (Å²) in [4.78, 5) is 15.5. The molecule has 0 spiro atoms. The third kappa shape index (κ3) is 3.41. The quantitative estimate of drug-likeness (QED) is 0.505. The molecule has 4 rings (SSSR count). The maximum atomic E-state index is 6.52. The zero-order chi connectivity index (χ0) is 17.9. The van der Waals surface area contributed by atoms with E-state index < -0.39 is 0 Å². The van der Waals surface area contributed by atoms with E-state index in [1.54, 1.807) is 23.7 Å². The van der Waals surface area contributed by atoms with E-state index in [-0.39, 0.29) is 0 Å². The number of anilines is 1. The Kier molecular flexibility index (Phi) is 4.82. The first-order chi connectivity index (χ1) is 12.7. The van der Waals surface area contributed by atoms with Crippen molar-refractivity contribution in [2.45, 2.75) is 13.3 Å². The van der Waals surface area contributed by atoms with Crippen LogP contribution in [0.5, 0.6) is 0 Å². The van der Waals surface area contributed by atoms with Crippen LogP contribution in [0, 0.1) is 6.92 Å². The topological polar surface area (TPSA) is 50.7 Å². The van der Waals surface area contributed by atoms with E-state index in [9.17, 15) is 0 Å². The summed E-state index contributed by atoms with van der Waals surface area (Å²) in [5, 5.41) is 5.08. The first kappa shape index (κ1) is 16.9. The molecule has 0 atom stereocenters. The molecule has 1 N–H and O–H groups in total. The number of aromatic nitrogens is 3. The zero-order valence-electron chi connectivity index (χ0n) is 14.2. The number of halogens is 1. The lowest BCUT2D eigenvalue weighted by atomic mass is 10.1. The average Bonchev–Trinajstić information content (AvgIpc) is 2.97. The molecule has 0 aliphatic carbocycles. The van der Waals surface area contributed by atoms with Gasteiger partial charge < -0.3 is 5.32 Å². The predicted octanol–water partition coefficient (Wildman–Crippen LogP) is 5.37. The van der Waals surface area contributed by atoms with E-state index in [0.717, 1.165) is 44.5 Å². The van der Waals surface area contributed by atoms with Crippen LogP contribution in [0.1, 0.15) is 10.4 Å². The Morgan fingerprint density at radius 3 is 2.69 bits per heavy atom.